The third-order valence-electron chi connectivity index (χ3n) is 3.71. The van der Waals surface area contributed by atoms with E-state index < -0.39 is 0 Å². The van der Waals surface area contributed by atoms with E-state index in [0.717, 1.165) is 31.6 Å². The number of hydrogen-bond donors (Lipinski definition) is 1. The van der Waals surface area contributed by atoms with E-state index in [1.165, 1.54) is 16.3 Å². The van der Waals surface area contributed by atoms with Gasteiger partial charge in [0.25, 0.3) is 0 Å². The van der Waals surface area contributed by atoms with Gasteiger partial charge in [0.1, 0.15) is 0 Å². The van der Waals surface area contributed by atoms with Gasteiger partial charge in [-0.3, -0.25) is 4.90 Å². The highest BCUT2D eigenvalue weighted by Gasteiger charge is 2.20. The Hall–Kier alpha value is -1.92. The quantitative estimate of drug-likeness (QED) is 0.781. The van der Waals surface area contributed by atoms with Crippen LogP contribution in [0.1, 0.15) is 16.3 Å². The standard InChI is InChI=1S/C14H15N5S/c15-14-17-12-5-7-18(9-13(12)20-14)8-11-3-1-2-10-4-6-16-19(10)11/h1-4,6H,5,7-9H2,(H2,15,17). The van der Waals surface area contributed by atoms with E-state index in [1.807, 2.05) is 16.8 Å². The summed E-state index contributed by atoms with van der Waals surface area (Å²) in [5.41, 5.74) is 9.33. The van der Waals surface area contributed by atoms with Gasteiger partial charge in [-0.25, -0.2) is 9.50 Å². The van der Waals surface area contributed by atoms with Crippen LogP contribution in [-0.4, -0.2) is 26.0 Å². The number of nitrogens with zero attached hydrogens (tertiary/aromatic N) is 4. The number of fused-ring (bicyclic) bond motifs is 2. The van der Waals surface area contributed by atoms with Crippen molar-refractivity contribution in [1.82, 2.24) is 19.5 Å². The first-order valence-corrected chi connectivity index (χ1v) is 7.49. The van der Waals surface area contributed by atoms with Crippen molar-refractivity contribution >= 4 is 22.0 Å². The molecule has 5 nitrogen and oxygen atoms in total. The summed E-state index contributed by atoms with van der Waals surface area (Å²) in [6.07, 6.45) is 2.83. The third-order valence-corrected chi connectivity index (χ3v) is 4.62. The van der Waals surface area contributed by atoms with Crippen LogP contribution in [0.4, 0.5) is 5.13 Å². The molecule has 3 aromatic rings. The van der Waals surface area contributed by atoms with Crippen molar-refractivity contribution in [1.29, 1.82) is 0 Å². The van der Waals surface area contributed by atoms with E-state index in [0.29, 0.717) is 5.13 Å². The summed E-state index contributed by atoms with van der Waals surface area (Å²) in [6, 6.07) is 8.33. The molecule has 0 atom stereocenters. The average molecular weight is 285 g/mol. The molecule has 0 bridgehead atoms. The number of anilines is 1. The molecular formula is C14H15N5S. The minimum absolute atomic E-state index is 0.686. The zero-order valence-electron chi connectivity index (χ0n) is 11.0. The summed E-state index contributed by atoms with van der Waals surface area (Å²) in [7, 11) is 0. The molecule has 0 radical (unpaired) electrons. The van der Waals surface area contributed by atoms with Crippen molar-refractivity contribution < 1.29 is 0 Å². The van der Waals surface area contributed by atoms with Crippen LogP contribution in [0.3, 0.4) is 0 Å². The molecule has 0 aromatic carbocycles. The lowest BCUT2D eigenvalue weighted by molar-refractivity contribution is 0.242. The van der Waals surface area contributed by atoms with Gasteiger partial charge in [-0.2, -0.15) is 5.10 Å². The lowest BCUT2D eigenvalue weighted by Crippen LogP contribution is -2.30. The van der Waals surface area contributed by atoms with Crippen LogP contribution in [0.25, 0.3) is 5.52 Å². The van der Waals surface area contributed by atoms with Gasteiger partial charge in [-0.1, -0.05) is 6.07 Å². The number of aromatic nitrogens is 3. The molecule has 0 aliphatic carbocycles. The van der Waals surface area contributed by atoms with Crippen molar-refractivity contribution in [3.8, 4) is 0 Å². The second-order valence-corrected chi connectivity index (χ2v) is 6.18. The molecule has 1 aliphatic heterocycles. The van der Waals surface area contributed by atoms with E-state index in [9.17, 15) is 0 Å². The van der Waals surface area contributed by atoms with Gasteiger partial charge in [-0.05, 0) is 18.2 Å². The molecule has 0 spiro atoms. The molecule has 20 heavy (non-hydrogen) atoms. The van der Waals surface area contributed by atoms with Gasteiger partial charge >= 0.3 is 0 Å². The molecule has 3 aromatic heterocycles. The Kier molecular flexibility index (Phi) is 2.71. The SMILES string of the molecule is Nc1nc2c(s1)CN(Cc1cccc3ccnn13)CC2. The van der Waals surface area contributed by atoms with Gasteiger partial charge in [0, 0.05) is 37.1 Å². The maximum atomic E-state index is 5.79. The van der Waals surface area contributed by atoms with Gasteiger partial charge in [0.05, 0.1) is 16.9 Å². The highest BCUT2D eigenvalue weighted by Crippen LogP contribution is 2.27. The number of thiazole rings is 1. The minimum atomic E-state index is 0.686. The first-order chi connectivity index (χ1) is 9.79. The average Bonchev–Trinajstić information content (AvgIpc) is 3.03. The van der Waals surface area contributed by atoms with E-state index in [2.05, 4.69) is 33.2 Å². The van der Waals surface area contributed by atoms with Gasteiger partial charge in [-0.15, -0.1) is 11.3 Å². The van der Waals surface area contributed by atoms with E-state index in [-0.39, 0.29) is 0 Å². The molecule has 102 valence electrons. The maximum absolute atomic E-state index is 5.79. The van der Waals surface area contributed by atoms with Crippen molar-refractivity contribution in [2.75, 3.05) is 12.3 Å². The van der Waals surface area contributed by atoms with E-state index >= 15 is 0 Å². The molecule has 1 aliphatic rings. The normalized spacial score (nSPS) is 15.6. The van der Waals surface area contributed by atoms with Gasteiger partial charge in [0.15, 0.2) is 5.13 Å². The van der Waals surface area contributed by atoms with Crippen LogP contribution in [0.5, 0.6) is 0 Å². The second kappa shape index (κ2) is 4.57. The zero-order chi connectivity index (χ0) is 13.5. The Balaban J connectivity index is 1.60. The Labute approximate surface area is 120 Å². The summed E-state index contributed by atoms with van der Waals surface area (Å²) >= 11 is 1.61. The van der Waals surface area contributed by atoms with Gasteiger partial charge < -0.3 is 5.73 Å². The molecule has 2 N–H and O–H groups in total. The first-order valence-electron chi connectivity index (χ1n) is 6.67. The molecule has 0 saturated heterocycles. The fourth-order valence-electron chi connectivity index (χ4n) is 2.76. The monoisotopic (exact) mass is 285 g/mol. The fraction of sp³-hybridized carbons (Fsp3) is 0.286. The predicted molar refractivity (Wildman–Crippen MR) is 79.5 cm³/mol. The topological polar surface area (TPSA) is 59.5 Å². The van der Waals surface area contributed by atoms with Crippen molar-refractivity contribution in [3.63, 3.8) is 0 Å². The van der Waals surface area contributed by atoms with E-state index in [4.69, 9.17) is 5.73 Å². The number of rotatable bonds is 2. The van der Waals surface area contributed by atoms with Crippen LogP contribution < -0.4 is 5.73 Å². The summed E-state index contributed by atoms with van der Waals surface area (Å²) in [5.74, 6) is 0. The maximum Gasteiger partial charge on any atom is 0.180 e. The molecular weight excluding hydrogens is 270 g/mol. The lowest BCUT2D eigenvalue weighted by atomic mass is 10.1. The largest absolute Gasteiger partial charge is 0.375 e. The summed E-state index contributed by atoms with van der Waals surface area (Å²) < 4.78 is 2.01. The summed E-state index contributed by atoms with van der Waals surface area (Å²) in [4.78, 5) is 8.12. The summed E-state index contributed by atoms with van der Waals surface area (Å²) in [6.45, 7) is 2.85. The smallest absolute Gasteiger partial charge is 0.180 e. The second-order valence-electron chi connectivity index (χ2n) is 5.07. The van der Waals surface area contributed by atoms with Crippen LogP contribution in [0, 0.1) is 0 Å². The first kappa shape index (κ1) is 11.9. The molecule has 0 amide bonds. The zero-order valence-corrected chi connectivity index (χ0v) is 11.8. The molecule has 6 heteroatoms. The lowest BCUT2D eigenvalue weighted by Gasteiger charge is -2.25. The van der Waals surface area contributed by atoms with Crippen LogP contribution in [0.2, 0.25) is 0 Å². The van der Waals surface area contributed by atoms with Crippen molar-refractivity contribution in [2.45, 2.75) is 19.5 Å². The summed E-state index contributed by atoms with van der Waals surface area (Å²) in [5, 5.41) is 5.08. The molecule has 0 fully saturated rings. The van der Waals surface area contributed by atoms with Gasteiger partial charge in [0.2, 0.25) is 0 Å². The van der Waals surface area contributed by atoms with Crippen LogP contribution in [0.15, 0.2) is 30.5 Å². The number of hydrogen-bond acceptors (Lipinski definition) is 5. The minimum Gasteiger partial charge on any atom is -0.375 e. The van der Waals surface area contributed by atoms with Crippen molar-refractivity contribution in [3.05, 3.63) is 46.7 Å². The Morgan fingerprint density at radius 3 is 3.20 bits per heavy atom. The Morgan fingerprint density at radius 1 is 1.30 bits per heavy atom. The third kappa shape index (κ3) is 1.97. The number of nitrogens with two attached hydrogens (primary N) is 1. The number of pyridine rings is 1. The number of nitrogen functional groups attached to an aromatic ring is 1. The van der Waals surface area contributed by atoms with Crippen LogP contribution >= 0.6 is 11.3 Å². The fourth-order valence-corrected chi connectivity index (χ4v) is 3.68. The highest BCUT2D eigenvalue weighted by atomic mass is 32.1. The molecule has 4 heterocycles. The molecule has 0 saturated carbocycles. The van der Waals surface area contributed by atoms with E-state index in [1.54, 1.807) is 11.3 Å². The van der Waals surface area contributed by atoms with Crippen LogP contribution in [-0.2, 0) is 19.5 Å². The Bertz CT molecular complexity index is 760. The highest BCUT2D eigenvalue weighted by molar-refractivity contribution is 7.15. The molecule has 0 unspecified atom stereocenters. The Morgan fingerprint density at radius 2 is 2.25 bits per heavy atom. The molecule has 4 rings (SSSR count). The predicted octanol–water partition coefficient (Wildman–Crippen LogP) is 1.93. The van der Waals surface area contributed by atoms with Crippen molar-refractivity contribution in [2.24, 2.45) is 0 Å².